The van der Waals surface area contributed by atoms with Gasteiger partial charge in [0.15, 0.2) is 10.8 Å². The van der Waals surface area contributed by atoms with Gasteiger partial charge in [0.2, 0.25) is 5.91 Å². The number of imide groups is 1. The van der Waals surface area contributed by atoms with Crippen LogP contribution >= 0.6 is 11.3 Å². The molecule has 478 valence electrons. The molecule has 4 aliphatic carbocycles. The third-order valence-electron chi connectivity index (χ3n) is 17.8. The lowest BCUT2D eigenvalue weighted by Gasteiger charge is -2.69. The first-order valence-electron chi connectivity index (χ1n) is 31.1. The van der Waals surface area contributed by atoms with Gasteiger partial charge in [-0.25, -0.2) is 14.8 Å². The Morgan fingerprint density at radius 1 is 0.708 bits per heavy atom. The van der Waals surface area contributed by atoms with Crippen molar-refractivity contribution in [1.29, 1.82) is 0 Å². The van der Waals surface area contributed by atoms with E-state index in [9.17, 15) is 33.9 Å². The van der Waals surface area contributed by atoms with Crippen LogP contribution in [0.15, 0.2) is 72.9 Å². The van der Waals surface area contributed by atoms with Gasteiger partial charge in [-0.1, -0.05) is 49.4 Å². The molecule has 22 nitrogen and oxygen atoms in total. The van der Waals surface area contributed by atoms with Crippen LogP contribution in [0, 0.1) is 23.2 Å². The predicted octanol–water partition coefficient (Wildman–Crippen LogP) is 8.12. The number of carboxylic acids is 1. The fourth-order valence-electron chi connectivity index (χ4n) is 14.9. The highest BCUT2D eigenvalue weighted by molar-refractivity contribution is 7.22. The van der Waals surface area contributed by atoms with Crippen molar-refractivity contribution in [3.8, 4) is 11.1 Å². The molecular formula is C66H84N8O14S. The molecule has 11 rings (SSSR count). The number of rotatable bonds is 36. The van der Waals surface area contributed by atoms with Gasteiger partial charge in [-0.3, -0.25) is 38.9 Å². The molecule has 5 heterocycles. The topological polar surface area (TPSA) is 253 Å². The summed E-state index contributed by atoms with van der Waals surface area (Å²) in [5, 5.41) is 19.2. The van der Waals surface area contributed by atoms with Crippen LogP contribution in [0.2, 0.25) is 0 Å². The minimum Gasteiger partial charge on any atom is -0.476 e. The number of para-hydroxylation sites is 1. The number of ether oxygens (including phenoxy) is 7. The van der Waals surface area contributed by atoms with Crippen molar-refractivity contribution in [3.63, 3.8) is 0 Å². The Labute approximate surface area is 523 Å². The highest BCUT2D eigenvalue weighted by Gasteiger charge is 2.66. The van der Waals surface area contributed by atoms with Crippen LogP contribution in [0.3, 0.4) is 0 Å². The molecule has 0 radical (unpaired) electrons. The Morgan fingerprint density at radius 3 is 2.02 bits per heavy atom. The van der Waals surface area contributed by atoms with Gasteiger partial charge in [0.25, 0.3) is 17.7 Å². The summed E-state index contributed by atoms with van der Waals surface area (Å²) in [5.74, 6) is -1.63. The van der Waals surface area contributed by atoms with E-state index < -0.39 is 5.97 Å². The molecule has 2 aliphatic heterocycles. The average Bonchev–Trinajstić information content (AvgIpc) is 0.861. The number of nitrogens with one attached hydrogen (secondary N) is 1. The Balaban J connectivity index is 0.601. The molecule has 4 bridgehead atoms. The summed E-state index contributed by atoms with van der Waals surface area (Å²) < 4.78 is 43.5. The molecule has 89 heavy (non-hydrogen) atoms. The first-order chi connectivity index (χ1) is 42.9. The highest BCUT2D eigenvalue weighted by Crippen LogP contribution is 2.72. The summed E-state index contributed by atoms with van der Waals surface area (Å²) in [6, 6.07) is 17.3. The lowest BCUT2D eigenvalue weighted by Crippen LogP contribution is -2.64. The fourth-order valence-corrected chi connectivity index (χ4v) is 15.7. The molecule has 23 heteroatoms. The molecule has 6 aliphatic rings. The number of amides is 4. The second-order valence-corrected chi connectivity index (χ2v) is 26.3. The first-order valence-corrected chi connectivity index (χ1v) is 31.9. The van der Waals surface area contributed by atoms with Gasteiger partial charge in [-0.15, -0.1) is 0 Å². The summed E-state index contributed by atoms with van der Waals surface area (Å²) in [5.41, 5.74) is 5.16. The van der Waals surface area contributed by atoms with E-state index in [1.54, 1.807) is 11.1 Å². The number of hydrogen-bond acceptors (Lipinski definition) is 18. The molecule has 2 unspecified atom stereocenters. The number of thiazole rings is 1. The minimum atomic E-state index is -1.13. The van der Waals surface area contributed by atoms with Crippen LogP contribution in [0.4, 0.5) is 10.9 Å². The van der Waals surface area contributed by atoms with Gasteiger partial charge in [0.05, 0.1) is 108 Å². The fraction of sp³-hybridized carbons (Fsp3) is 0.561. The van der Waals surface area contributed by atoms with Crippen molar-refractivity contribution in [3.05, 3.63) is 101 Å². The Hall–Kier alpha value is -6.83. The largest absolute Gasteiger partial charge is 0.476 e. The van der Waals surface area contributed by atoms with Gasteiger partial charge < -0.3 is 48.1 Å². The molecule has 4 saturated carbocycles. The third-order valence-corrected chi connectivity index (χ3v) is 18.8. The van der Waals surface area contributed by atoms with Gasteiger partial charge in [-0.05, 0) is 116 Å². The number of hydrogen-bond donors (Lipinski definition) is 2. The number of Topliss-reactive ketones (excluding diaryl/α,β-unsaturated/α-hetero) is 1. The lowest BCUT2D eigenvalue weighted by atomic mass is 9.39. The number of fused-ring (bicyclic) bond motifs is 2. The predicted molar refractivity (Wildman–Crippen MR) is 333 cm³/mol. The molecule has 4 fully saturated rings. The Kier molecular flexibility index (Phi) is 21.5. The second-order valence-electron chi connectivity index (χ2n) is 25.2. The summed E-state index contributed by atoms with van der Waals surface area (Å²) in [7, 11) is 1.82. The quantitative estimate of drug-likeness (QED) is 0.0283. The SMILES string of the molecule is Cc1c(-c2ccc(N3CCc4cccc(C(=O)Nc5nc6ccccc6s5)c4C3)nc2C(=O)O)cnn1CC12CC3(C)CC(C)(C1)CC(OCCN(C)C(=O)CCOCCOCCOCCOCCOCCOCCCC(=O)CCN1C(=O)C=CC1=O)(C3)C2. The lowest BCUT2D eigenvalue weighted by molar-refractivity contribution is -0.248. The maximum atomic E-state index is 13.8. The number of ketones is 1. The monoisotopic (exact) mass is 1240 g/mol. The van der Waals surface area contributed by atoms with Crippen LogP contribution in [0.1, 0.15) is 116 Å². The molecule has 5 aromatic rings. The summed E-state index contributed by atoms with van der Waals surface area (Å²) in [6.07, 6.45) is 12.2. The standard InChI is InChI=1S/C66H84N8O14S/c1-46-51(49-14-15-55(69-59(49)61(80)81)72-21-18-47-9-7-11-50(52(47)38-72)60(79)70-62-68-53-12-5-6-13-54(53)89-62)37-67-74(46)45-65-40-63(2)39-64(3,41-65)43-66(42-63,44-65)88-26-23-71(4)56(76)20-25-83-28-30-85-32-34-87-36-35-86-33-31-84-29-27-82-24-8-10-48(75)19-22-73-57(77)16-17-58(73)78/h5-7,9,11-17,37H,8,10,18-36,38-45H2,1-4H3,(H,80,81)(H,68,70,79). The molecule has 2 aromatic carbocycles. The first kappa shape index (κ1) is 65.1. The number of pyridine rings is 1. The van der Waals surface area contributed by atoms with Crippen LogP contribution in [0.5, 0.6) is 0 Å². The maximum absolute atomic E-state index is 13.8. The summed E-state index contributed by atoms with van der Waals surface area (Å²) in [4.78, 5) is 89.4. The van der Waals surface area contributed by atoms with Crippen molar-refractivity contribution < 1.29 is 67.0 Å². The molecular weight excluding hydrogens is 1160 g/mol. The van der Waals surface area contributed by atoms with Crippen molar-refractivity contribution in [2.75, 3.05) is 123 Å². The molecule has 0 saturated heterocycles. The van der Waals surface area contributed by atoms with Crippen LogP contribution in [-0.2, 0) is 71.8 Å². The molecule has 0 spiro atoms. The minimum absolute atomic E-state index is 0.00966. The number of aromatic carboxylic acids is 1. The van der Waals surface area contributed by atoms with Crippen molar-refractivity contribution in [2.45, 2.75) is 110 Å². The van der Waals surface area contributed by atoms with E-state index in [-0.39, 0.29) is 82.9 Å². The number of carbonyl (C=O) groups excluding carboxylic acids is 5. The number of likely N-dealkylation sites (N-methyl/N-ethyl adjacent to an activating group) is 1. The summed E-state index contributed by atoms with van der Waals surface area (Å²) >= 11 is 1.43. The number of benzene rings is 2. The van der Waals surface area contributed by atoms with E-state index in [1.165, 1.54) is 23.5 Å². The molecule has 2 N–H and O–H groups in total. The molecule has 4 amide bonds. The number of nitrogens with zero attached hydrogens (tertiary/aromatic N) is 7. The zero-order valence-corrected chi connectivity index (χ0v) is 52.5. The van der Waals surface area contributed by atoms with Gasteiger partial charge in [0.1, 0.15) is 11.6 Å². The van der Waals surface area contributed by atoms with E-state index >= 15 is 0 Å². The molecule has 3 aromatic heterocycles. The zero-order valence-electron chi connectivity index (χ0n) is 51.7. The third kappa shape index (κ3) is 16.6. The number of carbonyl (C=O) groups is 6. The average molecular weight is 1250 g/mol. The zero-order chi connectivity index (χ0) is 62.6. The van der Waals surface area contributed by atoms with Crippen LogP contribution in [-0.4, -0.2) is 188 Å². The van der Waals surface area contributed by atoms with Gasteiger partial charge >= 0.3 is 5.97 Å². The van der Waals surface area contributed by atoms with Crippen LogP contribution in [0.25, 0.3) is 21.3 Å². The Bertz CT molecular complexity index is 3310. The van der Waals surface area contributed by atoms with Gasteiger partial charge in [0, 0.05) is 93.8 Å². The molecule has 2 atom stereocenters. The van der Waals surface area contributed by atoms with Crippen LogP contribution < -0.4 is 10.2 Å². The van der Waals surface area contributed by atoms with E-state index in [0.717, 1.165) is 76.0 Å². The summed E-state index contributed by atoms with van der Waals surface area (Å²) in [6.45, 7) is 14.3. The van der Waals surface area contributed by atoms with E-state index in [4.69, 9.17) is 43.2 Å². The van der Waals surface area contributed by atoms with Gasteiger partial charge in [-0.2, -0.15) is 5.10 Å². The highest BCUT2D eigenvalue weighted by atomic mass is 32.1. The Morgan fingerprint density at radius 2 is 1.36 bits per heavy atom. The van der Waals surface area contributed by atoms with Crippen molar-refractivity contribution in [2.24, 2.45) is 16.2 Å². The van der Waals surface area contributed by atoms with Crippen molar-refractivity contribution >= 4 is 67.9 Å². The number of carboxylic acid groups (broad SMARTS) is 1. The van der Waals surface area contributed by atoms with Crippen molar-refractivity contribution in [1.82, 2.24) is 29.5 Å². The second kappa shape index (κ2) is 29.4. The number of aromatic nitrogens is 4. The smallest absolute Gasteiger partial charge is 0.355 e. The van der Waals surface area contributed by atoms with E-state index in [1.807, 2.05) is 73.5 Å². The van der Waals surface area contributed by atoms with E-state index in [0.29, 0.717) is 147 Å². The number of anilines is 2. The maximum Gasteiger partial charge on any atom is 0.355 e. The van der Waals surface area contributed by atoms with E-state index in [2.05, 4.69) is 28.8 Å². The normalized spacial score (nSPS) is 21.8.